The Balaban J connectivity index is 4.17. The van der Waals surface area contributed by atoms with Crippen molar-refractivity contribution in [3.8, 4) is 0 Å². The van der Waals surface area contributed by atoms with Crippen LogP contribution in [0, 0.1) is 0 Å². The van der Waals surface area contributed by atoms with Crippen LogP contribution in [-0.4, -0.2) is 73.4 Å². The molecule has 0 aliphatic heterocycles. The van der Waals surface area contributed by atoms with Gasteiger partial charge in [0.05, 0.1) is 39.9 Å². The average Bonchev–Trinajstić information content (AvgIpc) is 3.38. The quantitative estimate of drug-likeness (QED) is 0.0243. The Kier molecular flexibility index (Phi) is 56.9. The lowest BCUT2D eigenvalue weighted by molar-refractivity contribution is -0.870. The Hall–Kier alpha value is -1.54. The lowest BCUT2D eigenvalue weighted by atomic mass is 10.0. The fourth-order valence-corrected chi connectivity index (χ4v) is 10.6. The van der Waals surface area contributed by atoms with Gasteiger partial charge < -0.3 is 19.8 Å². The molecule has 0 fully saturated rings. The molecule has 3 unspecified atom stereocenters. The van der Waals surface area contributed by atoms with E-state index in [2.05, 4.69) is 55.6 Å². The second kappa shape index (κ2) is 58.1. The summed E-state index contributed by atoms with van der Waals surface area (Å²) >= 11 is 0. The number of phosphoric ester groups is 1. The Morgan fingerprint density at radius 3 is 1.05 bits per heavy atom. The number of phosphoric acid groups is 1. The highest BCUT2D eigenvalue weighted by Gasteiger charge is 2.28. The summed E-state index contributed by atoms with van der Waals surface area (Å²) in [5.41, 5.74) is 0. The molecule has 0 spiro atoms. The standard InChI is InChI=1S/C67H129N2O6P/c1-6-8-10-12-14-16-18-20-22-24-26-28-30-32-33-34-35-37-38-40-42-44-46-48-50-52-54-56-58-60-66(70)65(64-75-76(72,73)74-63-62-69(3,4)5)68-67(71)61-59-57-55-53-51-49-47-45-43-41-39-36-31-29-27-25-23-21-19-17-15-13-11-9-7-2/h25,27,42,44,50,52,58,60,65-66,70H,6-24,26,28-41,43,45-49,51,53-57,59,61-64H2,1-5H3,(H-,68,71,72,73)/p+1/b27-25-,44-42+,52-50+,60-58+. The van der Waals surface area contributed by atoms with E-state index in [9.17, 15) is 19.4 Å². The van der Waals surface area contributed by atoms with E-state index in [1.165, 1.54) is 257 Å². The van der Waals surface area contributed by atoms with Crippen molar-refractivity contribution in [1.29, 1.82) is 0 Å². The third kappa shape index (κ3) is 60.1. The van der Waals surface area contributed by atoms with E-state index in [1.807, 2.05) is 27.2 Å². The molecule has 0 aromatic heterocycles. The summed E-state index contributed by atoms with van der Waals surface area (Å²) in [5.74, 6) is -0.187. The van der Waals surface area contributed by atoms with E-state index in [0.717, 1.165) is 44.9 Å². The molecule has 0 heterocycles. The maximum atomic E-state index is 13.0. The van der Waals surface area contributed by atoms with Crippen molar-refractivity contribution < 1.29 is 32.9 Å². The zero-order valence-electron chi connectivity index (χ0n) is 51.3. The van der Waals surface area contributed by atoms with Crippen LogP contribution in [0.3, 0.4) is 0 Å². The minimum Gasteiger partial charge on any atom is -0.387 e. The van der Waals surface area contributed by atoms with Crippen molar-refractivity contribution >= 4 is 13.7 Å². The molecular weight excluding hydrogens is 960 g/mol. The van der Waals surface area contributed by atoms with Gasteiger partial charge in [0, 0.05) is 6.42 Å². The summed E-state index contributed by atoms with van der Waals surface area (Å²) in [6.07, 6.45) is 78.2. The third-order valence-electron chi connectivity index (χ3n) is 15.0. The normalized spacial score (nSPS) is 14.0. The summed E-state index contributed by atoms with van der Waals surface area (Å²) < 4.78 is 23.8. The molecule has 0 aromatic rings. The van der Waals surface area contributed by atoms with Crippen LogP contribution >= 0.6 is 7.82 Å². The molecule has 3 atom stereocenters. The van der Waals surface area contributed by atoms with Crippen LogP contribution in [0.2, 0.25) is 0 Å². The third-order valence-corrected chi connectivity index (χ3v) is 16.0. The first-order chi connectivity index (χ1) is 37.0. The Labute approximate surface area is 473 Å². The van der Waals surface area contributed by atoms with E-state index < -0.39 is 20.0 Å². The van der Waals surface area contributed by atoms with Crippen molar-refractivity contribution in [2.75, 3.05) is 40.9 Å². The first kappa shape index (κ1) is 74.5. The highest BCUT2D eigenvalue weighted by atomic mass is 31.2. The molecule has 0 aromatic carbocycles. The molecule has 9 heteroatoms. The molecule has 0 radical (unpaired) electrons. The van der Waals surface area contributed by atoms with Crippen molar-refractivity contribution in [1.82, 2.24) is 5.32 Å². The number of nitrogens with one attached hydrogen (secondary N) is 1. The van der Waals surface area contributed by atoms with E-state index in [-0.39, 0.29) is 19.1 Å². The molecule has 0 saturated heterocycles. The zero-order chi connectivity index (χ0) is 55.6. The molecule has 0 aliphatic carbocycles. The average molecular weight is 1090 g/mol. The van der Waals surface area contributed by atoms with Crippen molar-refractivity contribution in [2.45, 2.75) is 334 Å². The number of carbonyl (C=O) groups excluding carboxylic acids is 1. The van der Waals surface area contributed by atoms with Gasteiger partial charge in [0.1, 0.15) is 13.2 Å². The summed E-state index contributed by atoms with van der Waals surface area (Å²) in [6.45, 7) is 4.83. The SMILES string of the molecule is CCCCCCCCCC/C=C\CCCCCCCCCCCCCCCC(=O)NC(COP(=O)(O)OCC[N+](C)(C)C)C(O)/C=C/CC/C=C/CC/C=C/CCCCCCCCCCCCCCCCCCCCC. The van der Waals surface area contributed by atoms with Gasteiger partial charge in [0.15, 0.2) is 0 Å². The number of unbranched alkanes of at least 4 members (excludes halogenated alkanes) is 42. The molecule has 76 heavy (non-hydrogen) atoms. The van der Waals surface area contributed by atoms with Crippen molar-refractivity contribution in [2.24, 2.45) is 0 Å². The van der Waals surface area contributed by atoms with Crippen LogP contribution in [0.5, 0.6) is 0 Å². The molecule has 3 N–H and O–H groups in total. The number of quaternary nitrogens is 1. The van der Waals surface area contributed by atoms with Gasteiger partial charge in [-0.05, 0) is 70.6 Å². The first-order valence-corrected chi connectivity index (χ1v) is 34.5. The summed E-state index contributed by atoms with van der Waals surface area (Å²) in [7, 11) is 1.55. The Bertz CT molecular complexity index is 1380. The summed E-state index contributed by atoms with van der Waals surface area (Å²) in [4.78, 5) is 23.4. The number of nitrogens with zero attached hydrogens (tertiary/aromatic N) is 1. The lowest BCUT2D eigenvalue weighted by Crippen LogP contribution is -2.45. The predicted octanol–water partition coefficient (Wildman–Crippen LogP) is 20.7. The minimum atomic E-state index is -4.36. The number of carbonyl (C=O) groups is 1. The van der Waals surface area contributed by atoms with Crippen molar-refractivity contribution in [3.05, 3.63) is 48.6 Å². The van der Waals surface area contributed by atoms with Gasteiger partial charge >= 0.3 is 7.82 Å². The van der Waals surface area contributed by atoms with E-state index in [0.29, 0.717) is 17.4 Å². The molecular formula is C67H130N2O6P+. The number of likely N-dealkylation sites (N-methyl/N-ethyl adjacent to an activating group) is 1. The van der Waals surface area contributed by atoms with Gasteiger partial charge in [0.2, 0.25) is 5.91 Å². The molecule has 0 rings (SSSR count). The van der Waals surface area contributed by atoms with Crippen LogP contribution in [-0.2, 0) is 18.4 Å². The molecule has 0 aliphatic rings. The Morgan fingerprint density at radius 2 is 0.724 bits per heavy atom. The number of rotatable bonds is 61. The van der Waals surface area contributed by atoms with Crippen LogP contribution in [0.25, 0.3) is 0 Å². The number of amides is 1. The lowest BCUT2D eigenvalue weighted by Gasteiger charge is -2.25. The molecule has 448 valence electrons. The number of aliphatic hydroxyl groups excluding tert-OH is 1. The molecule has 1 amide bonds. The summed E-state index contributed by atoms with van der Waals surface area (Å²) in [6, 6.07) is -0.872. The zero-order valence-corrected chi connectivity index (χ0v) is 52.2. The van der Waals surface area contributed by atoms with Gasteiger partial charge in [-0.1, -0.05) is 294 Å². The van der Waals surface area contributed by atoms with E-state index >= 15 is 0 Å². The number of aliphatic hydroxyl groups is 1. The monoisotopic (exact) mass is 1090 g/mol. The Morgan fingerprint density at radius 1 is 0.434 bits per heavy atom. The first-order valence-electron chi connectivity index (χ1n) is 33.0. The fourth-order valence-electron chi connectivity index (χ4n) is 9.84. The largest absolute Gasteiger partial charge is 0.472 e. The predicted molar refractivity (Wildman–Crippen MR) is 332 cm³/mol. The van der Waals surface area contributed by atoms with Crippen LogP contribution < -0.4 is 5.32 Å². The van der Waals surface area contributed by atoms with Gasteiger partial charge in [0.25, 0.3) is 0 Å². The van der Waals surface area contributed by atoms with E-state index in [4.69, 9.17) is 9.05 Å². The smallest absolute Gasteiger partial charge is 0.387 e. The second-order valence-corrected chi connectivity index (χ2v) is 25.3. The number of allylic oxidation sites excluding steroid dienone is 7. The maximum absolute atomic E-state index is 13.0. The van der Waals surface area contributed by atoms with Gasteiger partial charge in [-0.3, -0.25) is 13.8 Å². The molecule has 0 bridgehead atoms. The van der Waals surface area contributed by atoms with E-state index in [1.54, 1.807) is 6.08 Å². The molecule has 8 nitrogen and oxygen atoms in total. The second-order valence-electron chi connectivity index (χ2n) is 23.8. The maximum Gasteiger partial charge on any atom is 0.472 e. The number of hydrogen-bond acceptors (Lipinski definition) is 5. The van der Waals surface area contributed by atoms with Gasteiger partial charge in [-0.2, -0.15) is 0 Å². The van der Waals surface area contributed by atoms with Crippen molar-refractivity contribution in [3.63, 3.8) is 0 Å². The highest BCUT2D eigenvalue weighted by molar-refractivity contribution is 7.47. The van der Waals surface area contributed by atoms with Crippen LogP contribution in [0.15, 0.2) is 48.6 Å². The fraction of sp³-hybridized carbons (Fsp3) is 0.866. The highest BCUT2D eigenvalue weighted by Crippen LogP contribution is 2.43. The van der Waals surface area contributed by atoms with Gasteiger partial charge in [-0.25, -0.2) is 4.57 Å². The topological polar surface area (TPSA) is 105 Å². The molecule has 0 saturated carbocycles. The van der Waals surface area contributed by atoms with Gasteiger partial charge in [-0.15, -0.1) is 0 Å². The minimum absolute atomic E-state index is 0.0537. The van der Waals surface area contributed by atoms with Crippen LogP contribution in [0.1, 0.15) is 322 Å². The number of hydrogen-bond donors (Lipinski definition) is 3. The summed E-state index contributed by atoms with van der Waals surface area (Å²) in [5, 5.41) is 14.0. The van der Waals surface area contributed by atoms with Crippen LogP contribution in [0.4, 0.5) is 0 Å².